The lowest BCUT2D eigenvalue weighted by Gasteiger charge is -2.26. The summed E-state index contributed by atoms with van der Waals surface area (Å²) < 4.78 is 7.50. The Balaban J connectivity index is 1.71. The highest BCUT2D eigenvalue weighted by atomic mass is 16.5. The van der Waals surface area contributed by atoms with Gasteiger partial charge in [0.25, 0.3) is 5.91 Å². The molecule has 0 fully saturated rings. The minimum absolute atomic E-state index is 0.181. The lowest BCUT2D eigenvalue weighted by Crippen LogP contribution is -2.41. The molecule has 0 bridgehead atoms. The lowest BCUT2D eigenvalue weighted by atomic mass is 10.2. The second-order valence-electron chi connectivity index (χ2n) is 5.23. The Kier molecular flexibility index (Phi) is 3.51. The van der Waals surface area contributed by atoms with E-state index >= 15 is 0 Å². The average molecular weight is 286 g/mol. The second-order valence-corrected chi connectivity index (χ2v) is 5.23. The summed E-state index contributed by atoms with van der Waals surface area (Å²) in [5, 5.41) is 10.3. The van der Waals surface area contributed by atoms with Gasteiger partial charge in [0.15, 0.2) is 6.10 Å². The van der Waals surface area contributed by atoms with Gasteiger partial charge in [0.05, 0.1) is 18.4 Å². The first-order chi connectivity index (χ1) is 10.1. The van der Waals surface area contributed by atoms with Crippen molar-refractivity contribution in [2.75, 3.05) is 17.2 Å². The van der Waals surface area contributed by atoms with E-state index in [1.54, 1.807) is 16.9 Å². The predicted molar refractivity (Wildman–Crippen MR) is 80.6 cm³/mol. The predicted octanol–water partition coefficient (Wildman–Crippen LogP) is 2.28. The summed E-state index contributed by atoms with van der Waals surface area (Å²) >= 11 is 0. The van der Waals surface area contributed by atoms with Gasteiger partial charge in [-0.2, -0.15) is 5.10 Å². The van der Waals surface area contributed by atoms with Crippen molar-refractivity contribution >= 4 is 17.4 Å². The molecule has 1 aromatic heterocycles. The molecule has 0 aliphatic carbocycles. The van der Waals surface area contributed by atoms with Crippen molar-refractivity contribution in [1.82, 2.24) is 9.78 Å². The van der Waals surface area contributed by atoms with E-state index in [0.29, 0.717) is 18.1 Å². The van der Waals surface area contributed by atoms with Crippen LogP contribution in [0.1, 0.15) is 19.9 Å². The number of carbonyl (C=O) groups excluding carboxylic acids is 1. The number of rotatable bonds is 3. The first kappa shape index (κ1) is 13.5. The lowest BCUT2D eigenvalue weighted by molar-refractivity contribution is -0.122. The Labute approximate surface area is 123 Å². The number of ether oxygens (including phenoxy) is 1. The Morgan fingerprint density at radius 3 is 3.05 bits per heavy atom. The molecule has 1 unspecified atom stereocenters. The molecule has 2 N–H and O–H groups in total. The summed E-state index contributed by atoms with van der Waals surface area (Å²) in [4.78, 5) is 12.3. The van der Waals surface area contributed by atoms with Gasteiger partial charge in [-0.3, -0.25) is 4.79 Å². The molecule has 21 heavy (non-hydrogen) atoms. The van der Waals surface area contributed by atoms with Gasteiger partial charge in [-0.05, 0) is 26.0 Å². The molecule has 3 rings (SSSR count). The van der Waals surface area contributed by atoms with Gasteiger partial charge in [-0.1, -0.05) is 12.1 Å². The van der Waals surface area contributed by atoms with Crippen LogP contribution in [0.3, 0.4) is 0 Å². The van der Waals surface area contributed by atoms with Gasteiger partial charge in [0.2, 0.25) is 0 Å². The highest BCUT2D eigenvalue weighted by molar-refractivity contribution is 5.94. The van der Waals surface area contributed by atoms with E-state index in [9.17, 15) is 4.79 Å². The fraction of sp³-hybridized carbons (Fsp3) is 0.333. The van der Waals surface area contributed by atoms with Crippen molar-refractivity contribution in [3.63, 3.8) is 0 Å². The van der Waals surface area contributed by atoms with Gasteiger partial charge < -0.3 is 15.4 Å². The van der Waals surface area contributed by atoms with Crippen LogP contribution in [0.4, 0.5) is 11.5 Å². The maximum absolute atomic E-state index is 12.3. The largest absolute Gasteiger partial charge is 0.477 e. The standard InChI is InChI=1S/C15H18N4O2/c1-10(2)19-14(7-8-17-19)18-15(20)13-9-16-11-5-3-4-6-12(11)21-13/h3-8,10,13,16H,9H2,1-2H3,(H,18,20). The van der Waals surface area contributed by atoms with E-state index < -0.39 is 6.10 Å². The highest BCUT2D eigenvalue weighted by Gasteiger charge is 2.26. The molecule has 0 saturated carbocycles. The third-order valence-corrected chi connectivity index (χ3v) is 3.34. The Morgan fingerprint density at radius 2 is 2.24 bits per heavy atom. The van der Waals surface area contributed by atoms with Crippen molar-refractivity contribution in [3.05, 3.63) is 36.5 Å². The van der Waals surface area contributed by atoms with E-state index in [-0.39, 0.29) is 11.9 Å². The van der Waals surface area contributed by atoms with E-state index in [1.165, 1.54) is 0 Å². The van der Waals surface area contributed by atoms with E-state index in [0.717, 1.165) is 5.69 Å². The smallest absolute Gasteiger partial charge is 0.268 e. The minimum Gasteiger partial charge on any atom is -0.477 e. The molecule has 1 aliphatic rings. The van der Waals surface area contributed by atoms with Crippen molar-refractivity contribution < 1.29 is 9.53 Å². The number of carbonyl (C=O) groups is 1. The number of nitrogens with zero attached hydrogens (tertiary/aromatic N) is 2. The number of benzene rings is 1. The van der Waals surface area contributed by atoms with Crippen LogP contribution in [-0.2, 0) is 4.79 Å². The van der Waals surface area contributed by atoms with Gasteiger partial charge >= 0.3 is 0 Å². The van der Waals surface area contributed by atoms with Crippen molar-refractivity contribution in [2.45, 2.75) is 26.0 Å². The van der Waals surface area contributed by atoms with Crippen LogP contribution in [0.15, 0.2) is 36.5 Å². The summed E-state index contributed by atoms with van der Waals surface area (Å²) in [5.74, 6) is 1.19. The maximum atomic E-state index is 12.3. The first-order valence-corrected chi connectivity index (χ1v) is 6.99. The van der Waals surface area contributed by atoms with Crippen molar-refractivity contribution in [1.29, 1.82) is 0 Å². The van der Waals surface area contributed by atoms with Crippen LogP contribution >= 0.6 is 0 Å². The van der Waals surface area contributed by atoms with Crippen LogP contribution in [0, 0.1) is 0 Å². The summed E-state index contributed by atoms with van der Waals surface area (Å²) in [6.45, 7) is 4.47. The highest BCUT2D eigenvalue weighted by Crippen LogP contribution is 2.28. The molecule has 1 amide bonds. The number of amides is 1. The fourth-order valence-electron chi connectivity index (χ4n) is 2.29. The average Bonchev–Trinajstić information content (AvgIpc) is 2.95. The normalized spacial score (nSPS) is 16.8. The molecule has 6 heteroatoms. The molecule has 2 aromatic rings. The SMILES string of the molecule is CC(C)n1nccc1NC(=O)C1CNc2ccccc2O1. The number of aromatic nitrogens is 2. The van der Waals surface area contributed by atoms with Gasteiger partial charge in [0, 0.05) is 12.1 Å². The Morgan fingerprint density at radius 1 is 1.43 bits per heavy atom. The van der Waals surface area contributed by atoms with Gasteiger partial charge in [-0.15, -0.1) is 0 Å². The molecule has 1 atom stereocenters. The third kappa shape index (κ3) is 2.69. The van der Waals surface area contributed by atoms with Crippen LogP contribution in [-0.4, -0.2) is 28.3 Å². The molecular weight excluding hydrogens is 268 g/mol. The van der Waals surface area contributed by atoms with Gasteiger partial charge in [-0.25, -0.2) is 4.68 Å². The monoisotopic (exact) mass is 286 g/mol. The summed E-state index contributed by atoms with van der Waals surface area (Å²) in [7, 11) is 0. The zero-order valence-corrected chi connectivity index (χ0v) is 12.0. The number of para-hydroxylation sites is 2. The summed E-state index contributed by atoms with van der Waals surface area (Å²) in [5.41, 5.74) is 0.911. The molecule has 0 saturated heterocycles. The Hall–Kier alpha value is -2.50. The van der Waals surface area contributed by atoms with Crippen molar-refractivity contribution in [2.24, 2.45) is 0 Å². The minimum atomic E-state index is -0.560. The van der Waals surface area contributed by atoms with Gasteiger partial charge in [0.1, 0.15) is 11.6 Å². The second kappa shape index (κ2) is 5.47. The summed E-state index contributed by atoms with van der Waals surface area (Å²) in [6, 6.07) is 9.55. The van der Waals surface area contributed by atoms with Crippen LogP contribution < -0.4 is 15.4 Å². The molecule has 1 aromatic carbocycles. The molecular formula is C15H18N4O2. The maximum Gasteiger partial charge on any atom is 0.268 e. The van der Waals surface area contributed by atoms with Crippen LogP contribution in [0.2, 0.25) is 0 Å². The number of nitrogens with one attached hydrogen (secondary N) is 2. The number of hydrogen-bond donors (Lipinski definition) is 2. The molecule has 0 radical (unpaired) electrons. The summed E-state index contributed by atoms with van der Waals surface area (Å²) in [6.07, 6.45) is 1.11. The third-order valence-electron chi connectivity index (χ3n) is 3.34. The first-order valence-electron chi connectivity index (χ1n) is 6.99. The molecule has 6 nitrogen and oxygen atoms in total. The van der Waals surface area contributed by atoms with E-state index in [1.807, 2.05) is 38.1 Å². The molecule has 110 valence electrons. The number of fused-ring (bicyclic) bond motifs is 1. The molecule has 0 spiro atoms. The number of hydrogen-bond acceptors (Lipinski definition) is 4. The topological polar surface area (TPSA) is 68.2 Å². The fourth-order valence-corrected chi connectivity index (χ4v) is 2.29. The van der Waals surface area contributed by atoms with E-state index in [2.05, 4.69) is 15.7 Å². The van der Waals surface area contributed by atoms with Crippen molar-refractivity contribution in [3.8, 4) is 5.75 Å². The Bertz CT molecular complexity index is 651. The quantitative estimate of drug-likeness (QED) is 0.908. The van der Waals surface area contributed by atoms with E-state index in [4.69, 9.17) is 4.74 Å². The van der Waals surface area contributed by atoms with Crippen LogP contribution in [0.5, 0.6) is 5.75 Å². The zero-order chi connectivity index (χ0) is 14.8. The number of anilines is 2. The molecule has 2 heterocycles. The molecule has 1 aliphatic heterocycles. The van der Waals surface area contributed by atoms with Crippen LogP contribution in [0.25, 0.3) is 0 Å². The zero-order valence-electron chi connectivity index (χ0n) is 12.0.